The summed E-state index contributed by atoms with van der Waals surface area (Å²) in [5.41, 5.74) is 0.486. The smallest absolute Gasteiger partial charge is 0.0285 e. The normalized spacial score (nSPS) is 26.8. The van der Waals surface area contributed by atoms with Gasteiger partial charge in [0.15, 0.2) is 0 Å². The van der Waals surface area contributed by atoms with E-state index in [9.17, 15) is 0 Å². The first-order valence-electron chi connectivity index (χ1n) is 6.65. The minimum atomic E-state index is 0.486. The predicted octanol–water partition coefficient (Wildman–Crippen LogP) is 4.78. The summed E-state index contributed by atoms with van der Waals surface area (Å²) in [6, 6.07) is 3.03. The van der Waals surface area contributed by atoms with Crippen molar-refractivity contribution in [2.75, 3.05) is 6.54 Å². The molecule has 2 rings (SSSR count). The average Bonchev–Trinajstić information content (AvgIpc) is 2.72. The summed E-state index contributed by atoms with van der Waals surface area (Å²) in [6.45, 7) is 8.00. The lowest BCUT2D eigenvalue weighted by atomic mass is 9.53. The van der Waals surface area contributed by atoms with Crippen LogP contribution in [-0.2, 0) is 0 Å². The Hall–Kier alpha value is 0.140. The van der Waals surface area contributed by atoms with E-state index in [1.165, 1.54) is 23.7 Å². The van der Waals surface area contributed by atoms with E-state index < -0.39 is 0 Å². The molecule has 1 saturated carbocycles. The van der Waals surface area contributed by atoms with Crippen LogP contribution in [0.1, 0.15) is 50.8 Å². The Labute approximate surface area is 117 Å². The molecule has 0 spiro atoms. The van der Waals surface area contributed by atoms with Crippen LogP contribution in [0.3, 0.4) is 0 Å². The monoisotopic (exact) mass is 315 g/mol. The first kappa shape index (κ1) is 13.6. The molecule has 17 heavy (non-hydrogen) atoms. The lowest BCUT2D eigenvalue weighted by Crippen LogP contribution is -2.57. The molecule has 2 unspecified atom stereocenters. The summed E-state index contributed by atoms with van der Waals surface area (Å²) in [7, 11) is 0. The van der Waals surface area contributed by atoms with E-state index in [2.05, 4.69) is 53.5 Å². The SMILES string of the molecule is CCNC1CC(c2cc(Br)cs2)C1(CC)CC. The van der Waals surface area contributed by atoms with E-state index >= 15 is 0 Å². The molecule has 0 amide bonds. The van der Waals surface area contributed by atoms with Gasteiger partial charge in [-0.2, -0.15) is 0 Å². The molecule has 1 aliphatic rings. The van der Waals surface area contributed by atoms with Gasteiger partial charge in [0, 0.05) is 26.7 Å². The molecule has 1 nitrogen and oxygen atoms in total. The lowest BCUT2D eigenvalue weighted by molar-refractivity contribution is 0.0229. The van der Waals surface area contributed by atoms with Crippen LogP contribution in [0.5, 0.6) is 0 Å². The Balaban J connectivity index is 2.20. The Bertz CT molecular complexity index is 370. The molecule has 0 radical (unpaired) electrons. The standard InChI is InChI=1S/C14H22BrNS/c1-4-14(5-2)11(8-13(14)16-6-3)12-7-10(15)9-17-12/h7,9,11,13,16H,4-6,8H2,1-3H3. The van der Waals surface area contributed by atoms with E-state index in [4.69, 9.17) is 0 Å². The summed E-state index contributed by atoms with van der Waals surface area (Å²) in [5, 5.41) is 5.89. The van der Waals surface area contributed by atoms with Crippen LogP contribution in [0.2, 0.25) is 0 Å². The largest absolute Gasteiger partial charge is 0.314 e. The molecule has 0 aliphatic heterocycles. The zero-order chi connectivity index (χ0) is 12.5. The maximum Gasteiger partial charge on any atom is 0.0285 e. The first-order valence-corrected chi connectivity index (χ1v) is 8.32. The van der Waals surface area contributed by atoms with Gasteiger partial charge in [-0.25, -0.2) is 0 Å². The summed E-state index contributed by atoms with van der Waals surface area (Å²) in [5.74, 6) is 0.762. The molecule has 1 fully saturated rings. The van der Waals surface area contributed by atoms with Gasteiger partial charge in [0.1, 0.15) is 0 Å². The molecule has 1 aromatic heterocycles. The molecule has 0 saturated heterocycles. The van der Waals surface area contributed by atoms with Crippen molar-refractivity contribution in [2.24, 2.45) is 5.41 Å². The molecular formula is C14H22BrNS. The molecule has 1 heterocycles. The van der Waals surface area contributed by atoms with E-state index in [0.717, 1.165) is 12.5 Å². The van der Waals surface area contributed by atoms with Gasteiger partial charge in [0.25, 0.3) is 0 Å². The van der Waals surface area contributed by atoms with Crippen molar-refractivity contribution in [3.8, 4) is 0 Å². The van der Waals surface area contributed by atoms with E-state index in [1.54, 1.807) is 4.88 Å². The van der Waals surface area contributed by atoms with Gasteiger partial charge in [-0.1, -0.05) is 20.8 Å². The van der Waals surface area contributed by atoms with Crippen molar-refractivity contribution in [2.45, 2.75) is 52.0 Å². The lowest BCUT2D eigenvalue weighted by Gasteiger charge is -2.56. The number of thiophene rings is 1. The zero-order valence-corrected chi connectivity index (χ0v) is 13.3. The third-order valence-electron chi connectivity index (χ3n) is 4.56. The van der Waals surface area contributed by atoms with Crippen molar-refractivity contribution in [1.82, 2.24) is 5.32 Å². The van der Waals surface area contributed by atoms with Crippen LogP contribution in [0, 0.1) is 5.41 Å². The predicted molar refractivity (Wildman–Crippen MR) is 79.9 cm³/mol. The topological polar surface area (TPSA) is 12.0 Å². The van der Waals surface area contributed by atoms with Gasteiger partial charge >= 0.3 is 0 Å². The summed E-state index contributed by atoms with van der Waals surface area (Å²) in [4.78, 5) is 1.56. The van der Waals surface area contributed by atoms with Crippen LogP contribution in [-0.4, -0.2) is 12.6 Å². The Morgan fingerprint density at radius 2 is 2.12 bits per heavy atom. The molecule has 2 atom stereocenters. The van der Waals surface area contributed by atoms with Crippen LogP contribution in [0.4, 0.5) is 0 Å². The minimum Gasteiger partial charge on any atom is -0.314 e. The molecule has 3 heteroatoms. The molecular weight excluding hydrogens is 294 g/mol. The van der Waals surface area contributed by atoms with E-state index in [-0.39, 0.29) is 0 Å². The average molecular weight is 316 g/mol. The highest BCUT2D eigenvalue weighted by Crippen LogP contribution is 2.58. The summed E-state index contributed by atoms with van der Waals surface area (Å²) >= 11 is 5.49. The highest BCUT2D eigenvalue weighted by atomic mass is 79.9. The van der Waals surface area contributed by atoms with Crippen LogP contribution in [0.25, 0.3) is 0 Å². The second kappa shape index (κ2) is 5.41. The van der Waals surface area contributed by atoms with Crippen molar-refractivity contribution in [3.63, 3.8) is 0 Å². The second-order valence-electron chi connectivity index (χ2n) is 5.01. The fraction of sp³-hybridized carbons (Fsp3) is 0.714. The zero-order valence-electron chi connectivity index (χ0n) is 10.9. The van der Waals surface area contributed by atoms with E-state index in [1.807, 2.05) is 11.3 Å². The first-order chi connectivity index (χ1) is 8.17. The van der Waals surface area contributed by atoms with Crippen molar-refractivity contribution in [3.05, 3.63) is 20.8 Å². The molecule has 1 N–H and O–H groups in total. The van der Waals surface area contributed by atoms with Crippen molar-refractivity contribution in [1.29, 1.82) is 0 Å². The van der Waals surface area contributed by atoms with Gasteiger partial charge in [0.2, 0.25) is 0 Å². The maximum atomic E-state index is 3.67. The quantitative estimate of drug-likeness (QED) is 0.824. The van der Waals surface area contributed by atoms with Crippen molar-refractivity contribution < 1.29 is 0 Å². The number of nitrogens with one attached hydrogen (secondary N) is 1. The number of halogens is 1. The van der Waals surface area contributed by atoms with Gasteiger partial charge in [-0.05, 0) is 53.2 Å². The highest BCUT2D eigenvalue weighted by Gasteiger charge is 2.52. The highest BCUT2D eigenvalue weighted by molar-refractivity contribution is 9.10. The van der Waals surface area contributed by atoms with Crippen LogP contribution in [0.15, 0.2) is 15.9 Å². The Morgan fingerprint density at radius 3 is 2.59 bits per heavy atom. The number of hydrogen-bond acceptors (Lipinski definition) is 2. The molecule has 1 aliphatic carbocycles. The Kier molecular flexibility index (Phi) is 4.32. The van der Waals surface area contributed by atoms with Gasteiger partial charge in [-0.3, -0.25) is 0 Å². The summed E-state index contributed by atoms with van der Waals surface area (Å²) in [6.07, 6.45) is 3.87. The van der Waals surface area contributed by atoms with Crippen LogP contribution < -0.4 is 5.32 Å². The number of rotatable bonds is 5. The minimum absolute atomic E-state index is 0.486. The molecule has 1 aromatic rings. The molecule has 96 valence electrons. The second-order valence-corrected chi connectivity index (χ2v) is 6.86. The summed E-state index contributed by atoms with van der Waals surface area (Å²) < 4.78 is 1.24. The van der Waals surface area contributed by atoms with E-state index in [0.29, 0.717) is 11.5 Å². The van der Waals surface area contributed by atoms with Crippen molar-refractivity contribution >= 4 is 27.3 Å². The van der Waals surface area contributed by atoms with Gasteiger partial charge in [-0.15, -0.1) is 11.3 Å². The van der Waals surface area contributed by atoms with Gasteiger partial charge in [0.05, 0.1) is 0 Å². The van der Waals surface area contributed by atoms with Crippen LogP contribution >= 0.6 is 27.3 Å². The fourth-order valence-electron chi connectivity index (χ4n) is 3.47. The van der Waals surface area contributed by atoms with Gasteiger partial charge < -0.3 is 5.32 Å². The maximum absolute atomic E-state index is 3.67. The third kappa shape index (κ3) is 2.22. The third-order valence-corrected chi connectivity index (χ3v) is 6.36. The fourth-order valence-corrected chi connectivity index (χ4v) is 5.15. The molecule has 0 aromatic carbocycles. The Morgan fingerprint density at radius 1 is 1.41 bits per heavy atom. The molecule has 0 bridgehead atoms. The number of hydrogen-bond donors (Lipinski definition) is 1.